The molecule has 0 aromatic rings. The maximum Gasteiger partial charge on any atom is 0.326 e. The van der Waals surface area contributed by atoms with E-state index in [4.69, 9.17) is 17.2 Å². The van der Waals surface area contributed by atoms with Crippen LogP contribution in [0.4, 0.5) is 0 Å². The van der Waals surface area contributed by atoms with Gasteiger partial charge >= 0.3 is 5.97 Å². The first-order valence-electron chi connectivity index (χ1n) is 18.0. The summed E-state index contributed by atoms with van der Waals surface area (Å²) in [6, 6.07) is -8.57. The smallest absolute Gasteiger partial charge is 0.326 e. The van der Waals surface area contributed by atoms with E-state index in [1.165, 1.54) is 30.4 Å². The maximum atomic E-state index is 13.8. The van der Waals surface area contributed by atoms with Crippen LogP contribution in [0.1, 0.15) is 79.6 Å². The summed E-state index contributed by atoms with van der Waals surface area (Å²) in [6.45, 7) is 8.09. The van der Waals surface area contributed by atoms with Gasteiger partial charge in [-0.25, -0.2) is 4.79 Å². The van der Waals surface area contributed by atoms with E-state index in [1.54, 1.807) is 34.0 Å². The third-order valence-electron chi connectivity index (χ3n) is 8.61. The van der Waals surface area contributed by atoms with Gasteiger partial charge in [0, 0.05) is 12.8 Å². The molecule has 0 fully saturated rings. The Hall–Kier alpha value is -4.11. The number of carbonyl (C=O) groups is 9. The molecule has 0 aliphatic carbocycles. The number of rotatable bonds is 28. The summed E-state index contributed by atoms with van der Waals surface area (Å²) in [5, 5.41) is 24.6. The summed E-state index contributed by atoms with van der Waals surface area (Å²) < 4.78 is 0. The van der Waals surface area contributed by atoms with Gasteiger partial charge < -0.3 is 54.2 Å². The molecular weight excluding hydrogens is 759 g/mol. The molecule has 0 rings (SSSR count). The van der Waals surface area contributed by atoms with Crippen LogP contribution in [0, 0.1) is 11.8 Å². The molecule has 13 N–H and O–H groups in total. The number of carboxylic acid groups (broad SMARTS) is 1. The van der Waals surface area contributed by atoms with E-state index < -0.39 is 107 Å². The van der Waals surface area contributed by atoms with Gasteiger partial charge in [0.2, 0.25) is 47.3 Å². The molecule has 0 saturated heterocycles. The number of aliphatic carboxylic acids is 1. The average Bonchev–Trinajstić information content (AvgIpc) is 3.11. The zero-order valence-corrected chi connectivity index (χ0v) is 34.4. The molecule has 21 heteroatoms. The van der Waals surface area contributed by atoms with Gasteiger partial charge in [0.1, 0.15) is 36.3 Å². The highest BCUT2D eigenvalue weighted by atomic mass is 32.2. The molecule has 8 amide bonds. The van der Waals surface area contributed by atoms with Gasteiger partial charge in [0.15, 0.2) is 0 Å². The van der Waals surface area contributed by atoms with Crippen LogP contribution in [0.5, 0.6) is 0 Å². The fraction of sp³-hybridized carbons (Fsp3) is 0.735. The number of nitrogens with two attached hydrogens (primary N) is 3. The second kappa shape index (κ2) is 26.7. The van der Waals surface area contributed by atoms with Crippen molar-refractivity contribution < 1.29 is 48.3 Å². The first-order valence-corrected chi connectivity index (χ1v) is 20.8. The van der Waals surface area contributed by atoms with Crippen LogP contribution in [0.15, 0.2) is 0 Å². The van der Waals surface area contributed by atoms with Crippen molar-refractivity contribution in [2.45, 2.75) is 122 Å². The molecule has 314 valence electrons. The third-order valence-corrected chi connectivity index (χ3v) is 9.90. The SMILES string of the molecule is CCC(C)C(NC(=O)C(CCC(N)=O)NC(=O)C(CCC(N)=O)NC(=O)C(C)NC(=O)C(N)CCSC)C(=O)NC(C(=O)NC(CCSC)C(=O)O)C(C)C. The summed E-state index contributed by atoms with van der Waals surface area (Å²) in [6.07, 6.45) is 3.21. The number of carboxylic acids is 1. The van der Waals surface area contributed by atoms with Crippen molar-refractivity contribution in [1.82, 2.24) is 31.9 Å². The van der Waals surface area contributed by atoms with Gasteiger partial charge in [-0.3, -0.25) is 38.4 Å². The summed E-state index contributed by atoms with van der Waals surface area (Å²) in [4.78, 5) is 115. The summed E-state index contributed by atoms with van der Waals surface area (Å²) in [5.41, 5.74) is 16.5. The average molecular weight is 820 g/mol. The van der Waals surface area contributed by atoms with E-state index in [-0.39, 0.29) is 32.1 Å². The second-order valence-corrected chi connectivity index (χ2v) is 15.5. The minimum atomic E-state index is -1.48. The number of primary amides is 2. The minimum absolute atomic E-state index is 0.154. The lowest BCUT2D eigenvalue weighted by Gasteiger charge is -2.30. The van der Waals surface area contributed by atoms with Crippen LogP contribution in [0.3, 0.4) is 0 Å². The molecule has 0 aliphatic rings. The molecule has 0 aromatic carbocycles. The molecular formula is C34H61N9O10S2. The Morgan fingerprint density at radius 1 is 0.564 bits per heavy atom. The van der Waals surface area contributed by atoms with Crippen LogP contribution in [0.2, 0.25) is 0 Å². The van der Waals surface area contributed by atoms with Gasteiger partial charge in [-0.1, -0.05) is 34.1 Å². The normalized spacial score (nSPS) is 15.4. The Labute approximate surface area is 331 Å². The van der Waals surface area contributed by atoms with Crippen molar-refractivity contribution >= 4 is 76.8 Å². The quantitative estimate of drug-likeness (QED) is 0.0412. The molecule has 0 spiro atoms. The molecule has 0 radical (unpaired) electrons. The van der Waals surface area contributed by atoms with E-state index in [1.807, 2.05) is 6.26 Å². The molecule has 19 nitrogen and oxygen atoms in total. The zero-order chi connectivity index (χ0) is 42.4. The number of carbonyl (C=O) groups excluding carboxylic acids is 8. The number of hydrogen-bond donors (Lipinski definition) is 10. The lowest BCUT2D eigenvalue weighted by Crippen LogP contribution is -2.61. The van der Waals surface area contributed by atoms with E-state index in [0.29, 0.717) is 24.3 Å². The van der Waals surface area contributed by atoms with E-state index in [2.05, 4.69) is 31.9 Å². The monoisotopic (exact) mass is 819 g/mol. The summed E-state index contributed by atoms with van der Waals surface area (Å²) in [7, 11) is 0. The van der Waals surface area contributed by atoms with Crippen molar-refractivity contribution in [3.8, 4) is 0 Å². The maximum absolute atomic E-state index is 13.8. The first kappa shape index (κ1) is 50.9. The van der Waals surface area contributed by atoms with Crippen LogP contribution >= 0.6 is 23.5 Å². The highest BCUT2D eigenvalue weighted by Crippen LogP contribution is 2.13. The summed E-state index contributed by atoms with van der Waals surface area (Å²) >= 11 is 2.90. The lowest BCUT2D eigenvalue weighted by molar-refractivity contribution is -0.142. The first-order chi connectivity index (χ1) is 25.7. The second-order valence-electron chi connectivity index (χ2n) is 13.5. The van der Waals surface area contributed by atoms with E-state index >= 15 is 0 Å². The van der Waals surface area contributed by atoms with Crippen molar-refractivity contribution in [2.24, 2.45) is 29.0 Å². The van der Waals surface area contributed by atoms with Crippen molar-refractivity contribution in [2.75, 3.05) is 24.0 Å². The Balaban J connectivity index is 6.23. The molecule has 0 saturated carbocycles. The zero-order valence-electron chi connectivity index (χ0n) is 32.7. The number of hydrogen-bond acceptors (Lipinski definition) is 12. The van der Waals surface area contributed by atoms with E-state index in [0.717, 1.165) is 0 Å². The molecule has 0 aliphatic heterocycles. The van der Waals surface area contributed by atoms with Crippen molar-refractivity contribution in [1.29, 1.82) is 0 Å². The number of thioether (sulfide) groups is 2. The fourth-order valence-electron chi connectivity index (χ4n) is 4.93. The summed E-state index contributed by atoms with van der Waals surface area (Å²) in [5.74, 6) is -7.47. The predicted octanol–water partition coefficient (Wildman–Crippen LogP) is -1.93. The molecule has 8 atom stereocenters. The molecule has 0 heterocycles. The highest BCUT2D eigenvalue weighted by molar-refractivity contribution is 7.98. The van der Waals surface area contributed by atoms with Gasteiger partial charge in [-0.15, -0.1) is 0 Å². The molecule has 8 unspecified atom stereocenters. The van der Waals surface area contributed by atoms with E-state index in [9.17, 15) is 48.3 Å². The van der Waals surface area contributed by atoms with Crippen LogP contribution in [-0.4, -0.2) is 125 Å². The molecule has 0 aromatic heterocycles. The van der Waals surface area contributed by atoms with Crippen molar-refractivity contribution in [3.63, 3.8) is 0 Å². The standard InChI is InChI=1S/C34H61N9O10S2/c1-8-18(4)27(33(51)42-26(17(2)3)32(50)41-23(34(52)53)14-16-55-7)43-31(49)22(10-12-25(37)45)40-30(48)21(9-11-24(36)44)39-28(46)19(5)38-29(47)20(35)13-15-54-6/h17-23,26-27H,8-16,35H2,1-7H3,(H2,36,44)(H2,37,45)(H,38,47)(H,39,46)(H,40,48)(H,41,50)(H,42,51)(H,43,49)(H,52,53). The van der Waals surface area contributed by atoms with Gasteiger partial charge in [-0.2, -0.15) is 23.5 Å². The van der Waals surface area contributed by atoms with Crippen LogP contribution in [0.25, 0.3) is 0 Å². The van der Waals surface area contributed by atoms with Crippen LogP contribution in [-0.2, 0) is 43.2 Å². The van der Waals surface area contributed by atoms with Crippen molar-refractivity contribution in [3.05, 3.63) is 0 Å². The molecule has 55 heavy (non-hydrogen) atoms. The molecule has 0 bridgehead atoms. The minimum Gasteiger partial charge on any atom is -0.480 e. The highest BCUT2D eigenvalue weighted by Gasteiger charge is 2.35. The number of amides is 8. The largest absolute Gasteiger partial charge is 0.480 e. The Kier molecular flexibility index (Phi) is 24.7. The van der Waals surface area contributed by atoms with Crippen LogP contribution < -0.4 is 49.1 Å². The third kappa shape index (κ3) is 19.9. The predicted molar refractivity (Wildman–Crippen MR) is 210 cm³/mol. The Morgan fingerprint density at radius 2 is 1.00 bits per heavy atom. The van der Waals surface area contributed by atoms with Gasteiger partial charge in [0.05, 0.1) is 6.04 Å². The fourth-order valence-corrected chi connectivity index (χ4v) is 5.89. The van der Waals surface area contributed by atoms with Gasteiger partial charge in [-0.05, 0) is 68.5 Å². The Bertz CT molecular complexity index is 1340. The topological polar surface area (TPSA) is 324 Å². The van der Waals surface area contributed by atoms with Gasteiger partial charge in [0.25, 0.3) is 0 Å². The Morgan fingerprint density at radius 3 is 1.45 bits per heavy atom. The lowest BCUT2D eigenvalue weighted by atomic mass is 9.95. The number of nitrogens with one attached hydrogen (secondary N) is 6.